The molecular formula is C16H30O3. The molecule has 0 fully saturated rings. The number of aliphatic hydroxyl groups is 1. The second-order valence-corrected chi connectivity index (χ2v) is 4.91. The number of allylic oxidation sites excluding steroid dienone is 2. The van der Waals surface area contributed by atoms with Gasteiger partial charge in [0.15, 0.2) is 0 Å². The molecule has 0 aliphatic heterocycles. The largest absolute Gasteiger partial charge is 0.466 e. The fraction of sp³-hybridized carbons (Fsp3) is 0.812. The van der Waals surface area contributed by atoms with Crippen molar-refractivity contribution < 1.29 is 14.6 Å². The SMILES string of the molecule is CCCCCC/C=C/CCCC(O)CC(=O)OCC. The highest BCUT2D eigenvalue weighted by Crippen LogP contribution is 2.08. The summed E-state index contributed by atoms with van der Waals surface area (Å²) in [5.74, 6) is -0.304. The lowest BCUT2D eigenvalue weighted by molar-refractivity contribution is -0.145. The first-order valence-corrected chi connectivity index (χ1v) is 7.69. The van der Waals surface area contributed by atoms with E-state index in [1.165, 1.54) is 25.7 Å². The van der Waals surface area contributed by atoms with Crippen LogP contribution >= 0.6 is 0 Å². The number of ether oxygens (including phenoxy) is 1. The van der Waals surface area contributed by atoms with Crippen LogP contribution in [0.3, 0.4) is 0 Å². The second-order valence-electron chi connectivity index (χ2n) is 4.91. The van der Waals surface area contributed by atoms with E-state index >= 15 is 0 Å². The lowest BCUT2D eigenvalue weighted by Gasteiger charge is -2.08. The van der Waals surface area contributed by atoms with Gasteiger partial charge in [0.05, 0.1) is 19.1 Å². The van der Waals surface area contributed by atoms with Crippen molar-refractivity contribution in [2.75, 3.05) is 6.61 Å². The van der Waals surface area contributed by atoms with Crippen LogP contribution < -0.4 is 0 Å². The smallest absolute Gasteiger partial charge is 0.308 e. The fourth-order valence-corrected chi connectivity index (χ4v) is 1.91. The van der Waals surface area contributed by atoms with Crippen molar-refractivity contribution in [2.45, 2.75) is 77.7 Å². The molecule has 3 heteroatoms. The van der Waals surface area contributed by atoms with Crippen LogP contribution in [0.4, 0.5) is 0 Å². The van der Waals surface area contributed by atoms with Gasteiger partial charge in [-0.15, -0.1) is 0 Å². The zero-order valence-electron chi connectivity index (χ0n) is 12.6. The monoisotopic (exact) mass is 270 g/mol. The minimum absolute atomic E-state index is 0.120. The predicted molar refractivity (Wildman–Crippen MR) is 79.0 cm³/mol. The molecule has 112 valence electrons. The molecule has 0 rings (SSSR count). The number of esters is 1. The lowest BCUT2D eigenvalue weighted by atomic mass is 10.1. The minimum Gasteiger partial charge on any atom is -0.466 e. The van der Waals surface area contributed by atoms with E-state index < -0.39 is 6.10 Å². The normalized spacial score (nSPS) is 12.8. The first-order chi connectivity index (χ1) is 9.20. The van der Waals surface area contributed by atoms with E-state index in [4.69, 9.17) is 4.74 Å². The van der Waals surface area contributed by atoms with Crippen molar-refractivity contribution in [2.24, 2.45) is 0 Å². The van der Waals surface area contributed by atoms with E-state index in [1.807, 2.05) is 0 Å². The first-order valence-electron chi connectivity index (χ1n) is 7.69. The van der Waals surface area contributed by atoms with E-state index in [1.54, 1.807) is 6.92 Å². The van der Waals surface area contributed by atoms with Crippen LogP contribution in [-0.4, -0.2) is 23.8 Å². The molecule has 1 N–H and O–H groups in total. The Hall–Kier alpha value is -0.830. The van der Waals surface area contributed by atoms with Gasteiger partial charge in [-0.05, 0) is 39.0 Å². The summed E-state index contributed by atoms with van der Waals surface area (Å²) < 4.78 is 4.79. The van der Waals surface area contributed by atoms with Crippen molar-refractivity contribution in [3.8, 4) is 0 Å². The van der Waals surface area contributed by atoms with Gasteiger partial charge in [-0.2, -0.15) is 0 Å². The third kappa shape index (κ3) is 13.4. The van der Waals surface area contributed by atoms with Gasteiger partial charge < -0.3 is 9.84 Å². The number of aliphatic hydroxyl groups excluding tert-OH is 1. The first kappa shape index (κ1) is 18.2. The summed E-state index contributed by atoms with van der Waals surface area (Å²) >= 11 is 0. The number of unbranched alkanes of at least 4 members (excludes halogenated alkanes) is 5. The lowest BCUT2D eigenvalue weighted by Crippen LogP contribution is -2.15. The molecule has 0 aliphatic rings. The van der Waals surface area contributed by atoms with Crippen LogP contribution in [0, 0.1) is 0 Å². The van der Waals surface area contributed by atoms with E-state index in [9.17, 15) is 9.90 Å². The summed E-state index contributed by atoms with van der Waals surface area (Å²) in [5.41, 5.74) is 0. The van der Waals surface area contributed by atoms with Gasteiger partial charge >= 0.3 is 5.97 Å². The van der Waals surface area contributed by atoms with Crippen LogP contribution in [0.1, 0.15) is 71.6 Å². The van der Waals surface area contributed by atoms with Gasteiger partial charge in [0.25, 0.3) is 0 Å². The highest BCUT2D eigenvalue weighted by molar-refractivity contribution is 5.69. The van der Waals surface area contributed by atoms with Gasteiger partial charge in [-0.1, -0.05) is 38.3 Å². The maximum atomic E-state index is 11.1. The Morgan fingerprint density at radius 2 is 1.79 bits per heavy atom. The number of hydrogen-bond acceptors (Lipinski definition) is 3. The molecule has 0 aromatic heterocycles. The van der Waals surface area contributed by atoms with Crippen LogP contribution in [0.25, 0.3) is 0 Å². The Kier molecular flexibility index (Phi) is 13.0. The molecule has 0 aromatic carbocycles. The summed E-state index contributed by atoms with van der Waals surface area (Å²) in [5, 5.41) is 9.62. The Bertz CT molecular complexity index is 236. The van der Waals surface area contributed by atoms with E-state index in [0.717, 1.165) is 19.3 Å². The zero-order chi connectivity index (χ0) is 14.3. The molecular weight excluding hydrogens is 240 g/mol. The van der Waals surface area contributed by atoms with Gasteiger partial charge in [0.1, 0.15) is 0 Å². The van der Waals surface area contributed by atoms with Crippen molar-refractivity contribution in [3.05, 3.63) is 12.2 Å². The Balaban J connectivity index is 3.37. The van der Waals surface area contributed by atoms with Crippen molar-refractivity contribution in [1.29, 1.82) is 0 Å². The van der Waals surface area contributed by atoms with Crippen LogP contribution in [-0.2, 0) is 9.53 Å². The maximum absolute atomic E-state index is 11.1. The van der Waals surface area contributed by atoms with E-state index in [-0.39, 0.29) is 12.4 Å². The molecule has 0 aliphatic carbocycles. The van der Waals surface area contributed by atoms with Crippen molar-refractivity contribution in [1.82, 2.24) is 0 Å². The third-order valence-corrected chi connectivity index (χ3v) is 3.01. The number of rotatable bonds is 12. The van der Waals surface area contributed by atoms with Crippen LogP contribution in [0.5, 0.6) is 0 Å². The number of carbonyl (C=O) groups excluding carboxylic acids is 1. The highest BCUT2D eigenvalue weighted by atomic mass is 16.5. The van der Waals surface area contributed by atoms with E-state index in [2.05, 4.69) is 19.1 Å². The predicted octanol–water partition coefficient (Wildman–Crippen LogP) is 4.00. The molecule has 0 spiro atoms. The average molecular weight is 270 g/mol. The topological polar surface area (TPSA) is 46.5 Å². The summed E-state index contributed by atoms with van der Waals surface area (Å²) in [6, 6.07) is 0. The van der Waals surface area contributed by atoms with Crippen molar-refractivity contribution >= 4 is 5.97 Å². The molecule has 0 radical (unpaired) electrons. The Labute approximate surface area is 118 Å². The van der Waals surface area contributed by atoms with Gasteiger partial charge in [0, 0.05) is 0 Å². The Morgan fingerprint density at radius 1 is 1.11 bits per heavy atom. The molecule has 0 aromatic rings. The zero-order valence-corrected chi connectivity index (χ0v) is 12.6. The second kappa shape index (κ2) is 13.6. The minimum atomic E-state index is -0.558. The molecule has 0 saturated heterocycles. The summed E-state index contributed by atoms with van der Waals surface area (Å²) in [4.78, 5) is 11.1. The van der Waals surface area contributed by atoms with Crippen molar-refractivity contribution in [3.63, 3.8) is 0 Å². The number of carbonyl (C=O) groups is 1. The fourth-order valence-electron chi connectivity index (χ4n) is 1.91. The molecule has 0 saturated carbocycles. The maximum Gasteiger partial charge on any atom is 0.308 e. The molecule has 1 unspecified atom stereocenters. The van der Waals surface area contributed by atoms with Gasteiger partial charge in [0.2, 0.25) is 0 Å². The Morgan fingerprint density at radius 3 is 2.42 bits per heavy atom. The van der Waals surface area contributed by atoms with E-state index in [0.29, 0.717) is 13.0 Å². The summed E-state index contributed by atoms with van der Waals surface area (Å²) in [6.07, 6.45) is 12.9. The van der Waals surface area contributed by atoms with Gasteiger partial charge in [-0.25, -0.2) is 0 Å². The van der Waals surface area contributed by atoms with Crippen LogP contribution in [0.2, 0.25) is 0 Å². The standard InChI is InChI=1S/C16H30O3/c1-3-5-6-7-8-9-10-11-12-13-15(17)14-16(18)19-4-2/h9-10,15,17H,3-8,11-14H2,1-2H3/b10-9+. The molecule has 0 bridgehead atoms. The summed E-state index contributed by atoms with van der Waals surface area (Å²) in [7, 11) is 0. The van der Waals surface area contributed by atoms with Gasteiger partial charge in [-0.3, -0.25) is 4.79 Å². The molecule has 0 amide bonds. The van der Waals surface area contributed by atoms with Crippen LogP contribution in [0.15, 0.2) is 12.2 Å². The average Bonchev–Trinajstić information content (AvgIpc) is 2.37. The highest BCUT2D eigenvalue weighted by Gasteiger charge is 2.10. The molecule has 3 nitrogen and oxygen atoms in total. The quantitative estimate of drug-likeness (QED) is 0.331. The molecule has 0 heterocycles. The molecule has 1 atom stereocenters. The third-order valence-electron chi connectivity index (χ3n) is 3.01. The summed E-state index contributed by atoms with van der Waals surface area (Å²) in [6.45, 7) is 4.37. The number of hydrogen-bond donors (Lipinski definition) is 1. The molecule has 19 heavy (non-hydrogen) atoms.